The van der Waals surface area contributed by atoms with Crippen LogP contribution in [0.1, 0.15) is 29.8 Å². The molecule has 7 nitrogen and oxygen atoms in total. The third-order valence-corrected chi connectivity index (χ3v) is 5.29. The van der Waals surface area contributed by atoms with Crippen LogP contribution in [0.4, 0.5) is 10.7 Å². The number of nitriles is 1. The number of anilines is 2. The number of para-hydroxylation sites is 1. The van der Waals surface area contributed by atoms with Crippen molar-refractivity contribution in [1.82, 2.24) is 0 Å². The molecule has 0 fully saturated rings. The predicted molar refractivity (Wildman–Crippen MR) is 128 cm³/mol. The fourth-order valence-corrected chi connectivity index (χ4v) is 3.93. The maximum absolute atomic E-state index is 13.0. The smallest absolute Gasteiger partial charge is 0.342 e. The van der Waals surface area contributed by atoms with Crippen molar-refractivity contribution in [3.05, 3.63) is 82.8 Å². The molecule has 8 heteroatoms. The zero-order valence-corrected chi connectivity index (χ0v) is 18.9. The molecular formula is C25H21N3O4S. The van der Waals surface area contributed by atoms with Crippen LogP contribution in [-0.2, 0) is 14.3 Å². The summed E-state index contributed by atoms with van der Waals surface area (Å²) in [7, 11) is 0. The Morgan fingerprint density at radius 1 is 1.03 bits per heavy atom. The molecule has 0 aliphatic carbocycles. The standard InChI is InChI=1S/C25H21N3O4S/c1-16(2)12-21(29)28-24-23(19(15-33-24)17-8-4-3-5-9-17)25(31)32-14-22(30)27-20-11-7-6-10-18(20)13-26/h3-12,15H,14H2,1-2H3,(H,27,30)(H,28,29). The molecule has 0 aliphatic rings. The molecule has 2 amide bonds. The van der Waals surface area contributed by atoms with E-state index in [1.165, 1.54) is 17.4 Å². The molecule has 3 aromatic rings. The average molecular weight is 460 g/mol. The van der Waals surface area contributed by atoms with Gasteiger partial charge in [0.15, 0.2) is 6.61 Å². The summed E-state index contributed by atoms with van der Waals surface area (Å²) in [4.78, 5) is 37.6. The van der Waals surface area contributed by atoms with E-state index in [2.05, 4.69) is 10.6 Å². The molecule has 0 spiro atoms. The van der Waals surface area contributed by atoms with Gasteiger partial charge in [-0.05, 0) is 31.5 Å². The number of ether oxygens (including phenoxy) is 1. The lowest BCUT2D eigenvalue weighted by molar-refractivity contribution is -0.119. The van der Waals surface area contributed by atoms with E-state index in [-0.39, 0.29) is 11.5 Å². The van der Waals surface area contributed by atoms with Gasteiger partial charge < -0.3 is 15.4 Å². The lowest BCUT2D eigenvalue weighted by Crippen LogP contribution is -2.22. The van der Waals surface area contributed by atoms with E-state index in [0.29, 0.717) is 21.8 Å². The Bertz CT molecular complexity index is 1250. The molecule has 0 unspecified atom stereocenters. The Morgan fingerprint density at radius 3 is 2.42 bits per heavy atom. The summed E-state index contributed by atoms with van der Waals surface area (Å²) in [5.41, 5.74) is 2.98. The van der Waals surface area contributed by atoms with Crippen LogP contribution in [0.15, 0.2) is 71.6 Å². The van der Waals surface area contributed by atoms with Gasteiger partial charge in [0, 0.05) is 17.0 Å². The van der Waals surface area contributed by atoms with Crippen LogP contribution in [0.5, 0.6) is 0 Å². The van der Waals surface area contributed by atoms with Gasteiger partial charge in [-0.1, -0.05) is 48.0 Å². The fraction of sp³-hybridized carbons (Fsp3) is 0.120. The van der Waals surface area contributed by atoms with Crippen LogP contribution < -0.4 is 10.6 Å². The molecule has 0 atom stereocenters. The van der Waals surface area contributed by atoms with Gasteiger partial charge in [-0.25, -0.2) is 4.79 Å². The maximum atomic E-state index is 13.0. The SMILES string of the molecule is CC(C)=CC(=O)Nc1scc(-c2ccccc2)c1C(=O)OCC(=O)Nc1ccccc1C#N. The number of rotatable bonds is 7. The number of thiophene rings is 1. The van der Waals surface area contributed by atoms with Gasteiger partial charge in [0.1, 0.15) is 16.6 Å². The molecule has 3 rings (SSSR count). The molecular weight excluding hydrogens is 438 g/mol. The van der Waals surface area contributed by atoms with Gasteiger partial charge in [-0.2, -0.15) is 5.26 Å². The number of nitrogens with one attached hydrogen (secondary N) is 2. The summed E-state index contributed by atoms with van der Waals surface area (Å²) in [5.74, 6) is -1.69. The van der Waals surface area contributed by atoms with E-state index >= 15 is 0 Å². The third-order valence-electron chi connectivity index (χ3n) is 4.39. The minimum absolute atomic E-state index is 0.173. The van der Waals surface area contributed by atoms with Crippen LogP contribution >= 0.6 is 11.3 Å². The number of benzene rings is 2. The highest BCUT2D eigenvalue weighted by Gasteiger charge is 2.23. The molecule has 0 saturated heterocycles. The van der Waals surface area contributed by atoms with Gasteiger partial charge in [0.05, 0.1) is 11.3 Å². The molecule has 1 heterocycles. The van der Waals surface area contributed by atoms with Crippen LogP contribution in [0, 0.1) is 11.3 Å². The molecule has 0 aliphatic heterocycles. The van der Waals surface area contributed by atoms with Crippen molar-refractivity contribution in [3.63, 3.8) is 0 Å². The van der Waals surface area contributed by atoms with Crippen molar-refractivity contribution >= 4 is 39.8 Å². The molecule has 2 aromatic carbocycles. The van der Waals surface area contributed by atoms with E-state index in [4.69, 9.17) is 10.00 Å². The Morgan fingerprint density at radius 2 is 1.73 bits per heavy atom. The summed E-state index contributed by atoms with van der Waals surface area (Å²) >= 11 is 1.20. The van der Waals surface area contributed by atoms with E-state index in [1.807, 2.05) is 36.4 Å². The summed E-state index contributed by atoms with van der Waals surface area (Å²) in [6, 6.07) is 17.7. The summed E-state index contributed by atoms with van der Waals surface area (Å²) in [6.45, 7) is 3.04. The summed E-state index contributed by atoms with van der Waals surface area (Å²) < 4.78 is 5.27. The summed E-state index contributed by atoms with van der Waals surface area (Å²) in [5, 5.41) is 16.5. The second-order valence-corrected chi connectivity index (χ2v) is 8.09. The van der Waals surface area contributed by atoms with Gasteiger partial charge in [-0.3, -0.25) is 9.59 Å². The molecule has 166 valence electrons. The highest BCUT2D eigenvalue weighted by atomic mass is 32.1. The van der Waals surface area contributed by atoms with Crippen molar-refractivity contribution in [1.29, 1.82) is 5.26 Å². The van der Waals surface area contributed by atoms with E-state index < -0.39 is 18.5 Å². The molecule has 2 N–H and O–H groups in total. The maximum Gasteiger partial charge on any atom is 0.342 e. The number of allylic oxidation sites excluding steroid dienone is 1. The van der Waals surface area contributed by atoms with Crippen LogP contribution in [0.25, 0.3) is 11.1 Å². The van der Waals surface area contributed by atoms with Crippen molar-refractivity contribution in [2.75, 3.05) is 17.2 Å². The van der Waals surface area contributed by atoms with Crippen molar-refractivity contribution in [3.8, 4) is 17.2 Å². The van der Waals surface area contributed by atoms with Crippen molar-refractivity contribution in [2.24, 2.45) is 0 Å². The number of carbonyl (C=O) groups is 3. The number of nitrogens with zero attached hydrogens (tertiary/aromatic N) is 1. The highest BCUT2D eigenvalue weighted by Crippen LogP contribution is 2.36. The van der Waals surface area contributed by atoms with E-state index in [9.17, 15) is 14.4 Å². The zero-order valence-electron chi connectivity index (χ0n) is 18.0. The average Bonchev–Trinajstić information content (AvgIpc) is 3.21. The number of amides is 2. The lowest BCUT2D eigenvalue weighted by atomic mass is 10.0. The highest BCUT2D eigenvalue weighted by molar-refractivity contribution is 7.15. The normalized spacial score (nSPS) is 9.97. The van der Waals surface area contributed by atoms with Crippen LogP contribution in [0.3, 0.4) is 0 Å². The van der Waals surface area contributed by atoms with Gasteiger partial charge >= 0.3 is 5.97 Å². The molecule has 1 aromatic heterocycles. The van der Waals surface area contributed by atoms with E-state index in [1.54, 1.807) is 43.5 Å². The first-order chi connectivity index (χ1) is 15.9. The lowest BCUT2D eigenvalue weighted by Gasteiger charge is -2.10. The molecule has 0 bridgehead atoms. The molecule has 0 saturated carbocycles. The Hall–Kier alpha value is -4.22. The second-order valence-electron chi connectivity index (χ2n) is 7.21. The first kappa shape index (κ1) is 23.4. The van der Waals surface area contributed by atoms with Crippen LogP contribution in [0.2, 0.25) is 0 Å². The Balaban J connectivity index is 1.80. The number of hydrogen-bond donors (Lipinski definition) is 2. The number of carbonyl (C=O) groups excluding carboxylic acids is 3. The zero-order chi connectivity index (χ0) is 23.8. The first-order valence-corrected chi connectivity index (χ1v) is 10.9. The predicted octanol–water partition coefficient (Wildman–Crippen LogP) is 4.99. The van der Waals surface area contributed by atoms with E-state index in [0.717, 1.165) is 11.1 Å². The quantitative estimate of drug-likeness (QED) is 0.382. The van der Waals surface area contributed by atoms with Crippen molar-refractivity contribution in [2.45, 2.75) is 13.8 Å². The second kappa shape index (κ2) is 10.9. The minimum Gasteiger partial charge on any atom is -0.452 e. The monoisotopic (exact) mass is 459 g/mol. The third kappa shape index (κ3) is 6.15. The number of esters is 1. The van der Waals surface area contributed by atoms with Gasteiger partial charge in [-0.15, -0.1) is 11.3 Å². The topological polar surface area (TPSA) is 108 Å². The van der Waals surface area contributed by atoms with Crippen molar-refractivity contribution < 1.29 is 19.1 Å². The summed E-state index contributed by atoms with van der Waals surface area (Å²) in [6.07, 6.45) is 1.43. The Labute approximate surface area is 195 Å². The first-order valence-electron chi connectivity index (χ1n) is 9.98. The van der Waals surface area contributed by atoms with Gasteiger partial charge in [0.2, 0.25) is 5.91 Å². The molecule has 33 heavy (non-hydrogen) atoms. The largest absolute Gasteiger partial charge is 0.452 e. The number of hydrogen-bond acceptors (Lipinski definition) is 6. The Kier molecular flexibility index (Phi) is 7.73. The molecule has 0 radical (unpaired) electrons. The van der Waals surface area contributed by atoms with Crippen LogP contribution in [-0.4, -0.2) is 24.4 Å². The van der Waals surface area contributed by atoms with Gasteiger partial charge in [0.25, 0.3) is 5.91 Å². The minimum atomic E-state index is -0.744. The fourth-order valence-electron chi connectivity index (χ4n) is 2.97.